The van der Waals surface area contributed by atoms with Gasteiger partial charge in [0.05, 0.1) is 16.7 Å². The van der Waals surface area contributed by atoms with Crippen LogP contribution >= 0.6 is 23.2 Å². The van der Waals surface area contributed by atoms with Crippen LogP contribution in [0.4, 0.5) is 5.69 Å². The number of hydrogen-bond acceptors (Lipinski definition) is 3. The highest BCUT2D eigenvalue weighted by molar-refractivity contribution is 6.42. The molecule has 0 bridgehead atoms. The van der Waals surface area contributed by atoms with Crippen molar-refractivity contribution in [1.82, 2.24) is 0 Å². The first-order valence-electron chi connectivity index (χ1n) is 5.55. The van der Waals surface area contributed by atoms with Gasteiger partial charge in [-0.3, -0.25) is 4.79 Å². The normalized spacial score (nSPS) is 10.5. The van der Waals surface area contributed by atoms with E-state index in [2.05, 4.69) is 10.1 Å². The van der Waals surface area contributed by atoms with Crippen molar-refractivity contribution < 1.29 is 14.3 Å². The van der Waals surface area contributed by atoms with Crippen LogP contribution in [-0.4, -0.2) is 18.5 Å². The average molecular weight is 302 g/mol. The molecular weight excluding hydrogens is 289 g/mol. The second kappa shape index (κ2) is 7.16. The third-order valence-electron chi connectivity index (χ3n) is 2.18. The highest BCUT2D eigenvalue weighted by Crippen LogP contribution is 2.28. The molecule has 102 valence electrons. The van der Waals surface area contributed by atoms with Crippen LogP contribution in [0.1, 0.15) is 12.5 Å². The summed E-state index contributed by atoms with van der Waals surface area (Å²) in [5.74, 6) is -1.02. The number of esters is 1. The fraction of sp³-hybridized carbons (Fsp3) is 0.231. The lowest BCUT2D eigenvalue weighted by atomic mass is 10.2. The Balaban J connectivity index is 2.72. The molecule has 1 aromatic carbocycles. The topological polar surface area (TPSA) is 55.4 Å². The van der Waals surface area contributed by atoms with Gasteiger partial charge in [0.25, 0.3) is 0 Å². The Hall–Kier alpha value is -1.52. The van der Waals surface area contributed by atoms with Crippen molar-refractivity contribution in [3.63, 3.8) is 0 Å². The minimum atomic E-state index is -0.566. The van der Waals surface area contributed by atoms with Crippen molar-refractivity contribution in [1.29, 1.82) is 0 Å². The van der Waals surface area contributed by atoms with Gasteiger partial charge in [-0.1, -0.05) is 23.2 Å². The number of ether oxygens (including phenoxy) is 1. The minimum Gasteiger partial charge on any atom is -0.463 e. The number of nitrogens with one attached hydrogen (secondary N) is 1. The number of aryl methyl sites for hydroxylation is 1. The van der Waals surface area contributed by atoms with E-state index in [1.165, 1.54) is 0 Å². The maximum atomic E-state index is 11.6. The molecule has 1 aromatic rings. The molecule has 0 saturated heterocycles. The molecule has 0 aliphatic heterocycles. The smallest absolute Gasteiger partial charge is 0.330 e. The lowest BCUT2D eigenvalue weighted by molar-refractivity contribution is -0.137. The molecule has 0 spiro atoms. The van der Waals surface area contributed by atoms with Gasteiger partial charge in [0.2, 0.25) is 5.91 Å². The second-order valence-electron chi connectivity index (χ2n) is 3.66. The number of amides is 1. The molecule has 0 aliphatic carbocycles. The number of rotatable bonds is 4. The summed E-state index contributed by atoms with van der Waals surface area (Å²) in [6.07, 6.45) is 2.16. The summed E-state index contributed by atoms with van der Waals surface area (Å²) >= 11 is 11.7. The standard InChI is InChI=1S/C13H13Cl2NO3/c1-3-19-13(18)5-4-12(17)16-11-7-10(15)9(14)6-8(11)2/h4-7H,3H2,1-2H3,(H,16,17)/b5-4+. The third kappa shape index (κ3) is 4.93. The predicted octanol–water partition coefficient (Wildman–Crippen LogP) is 3.36. The molecule has 1 N–H and O–H groups in total. The molecule has 0 atom stereocenters. The van der Waals surface area contributed by atoms with E-state index in [0.717, 1.165) is 17.7 Å². The quantitative estimate of drug-likeness (QED) is 0.685. The Morgan fingerprint density at radius 1 is 1.26 bits per heavy atom. The van der Waals surface area contributed by atoms with Crippen molar-refractivity contribution in [3.8, 4) is 0 Å². The molecule has 0 heterocycles. The van der Waals surface area contributed by atoms with Crippen LogP contribution in [-0.2, 0) is 14.3 Å². The van der Waals surface area contributed by atoms with Gasteiger partial charge in [0, 0.05) is 17.8 Å². The van der Waals surface area contributed by atoms with Crippen LogP contribution in [0.3, 0.4) is 0 Å². The average Bonchev–Trinajstić information content (AvgIpc) is 2.34. The van der Waals surface area contributed by atoms with Gasteiger partial charge in [-0.05, 0) is 31.5 Å². The summed E-state index contributed by atoms with van der Waals surface area (Å²) in [6, 6.07) is 3.20. The van der Waals surface area contributed by atoms with Crippen LogP contribution < -0.4 is 5.32 Å². The molecule has 0 aromatic heterocycles. The molecule has 19 heavy (non-hydrogen) atoms. The summed E-state index contributed by atoms with van der Waals surface area (Å²) in [7, 11) is 0. The molecule has 0 saturated carbocycles. The van der Waals surface area contributed by atoms with Crippen molar-refractivity contribution in [2.45, 2.75) is 13.8 Å². The first-order valence-corrected chi connectivity index (χ1v) is 6.31. The Bertz CT molecular complexity index is 527. The molecule has 0 unspecified atom stereocenters. The summed E-state index contributed by atoms with van der Waals surface area (Å²) < 4.78 is 4.66. The first-order chi connectivity index (χ1) is 8.93. The molecule has 4 nitrogen and oxygen atoms in total. The Kier molecular flexibility index (Phi) is 5.86. The fourth-order valence-electron chi connectivity index (χ4n) is 1.29. The van der Waals surface area contributed by atoms with Gasteiger partial charge >= 0.3 is 5.97 Å². The number of carbonyl (C=O) groups excluding carboxylic acids is 2. The minimum absolute atomic E-state index is 0.261. The molecular formula is C13H13Cl2NO3. The third-order valence-corrected chi connectivity index (χ3v) is 2.90. The van der Waals surface area contributed by atoms with Crippen LogP contribution in [0.15, 0.2) is 24.3 Å². The van der Waals surface area contributed by atoms with E-state index in [0.29, 0.717) is 15.7 Å². The number of carbonyl (C=O) groups is 2. The van der Waals surface area contributed by atoms with Gasteiger partial charge < -0.3 is 10.1 Å². The summed E-state index contributed by atoms with van der Waals surface area (Å²) in [5.41, 5.74) is 1.31. The monoisotopic (exact) mass is 301 g/mol. The van der Waals surface area contributed by atoms with Crippen LogP contribution in [0.25, 0.3) is 0 Å². The Morgan fingerprint density at radius 2 is 1.89 bits per heavy atom. The predicted molar refractivity (Wildman–Crippen MR) is 75.6 cm³/mol. The second-order valence-corrected chi connectivity index (χ2v) is 4.47. The maximum Gasteiger partial charge on any atom is 0.330 e. The zero-order valence-electron chi connectivity index (χ0n) is 10.5. The fourth-order valence-corrected chi connectivity index (χ4v) is 1.67. The van der Waals surface area contributed by atoms with Crippen molar-refractivity contribution >= 4 is 40.8 Å². The van der Waals surface area contributed by atoms with Crippen LogP contribution in [0.2, 0.25) is 10.0 Å². The largest absolute Gasteiger partial charge is 0.463 e. The van der Waals surface area contributed by atoms with E-state index in [1.807, 2.05) is 0 Å². The summed E-state index contributed by atoms with van der Waals surface area (Å²) in [4.78, 5) is 22.6. The van der Waals surface area contributed by atoms with Gasteiger partial charge in [-0.25, -0.2) is 4.79 Å². The number of anilines is 1. The zero-order chi connectivity index (χ0) is 14.4. The van der Waals surface area contributed by atoms with E-state index in [-0.39, 0.29) is 6.61 Å². The Labute approximate surface area is 121 Å². The molecule has 1 amide bonds. The lowest BCUT2D eigenvalue weighted by Gasteiger charge is -2.08. The maximum absolute atomic E-state index is 11.6. The van der Waals surface area contributed by atoms with E-state index in [1.54, 1.807) is 26.0 Å². The van der Waals surface area contributed by atoms with E-state index >= 15 is 0 Å². The van der Waals surface area contributed by atoms with Crippen LogP contribution in [0.5, 0.6) is 0 Å². The van der Waals surface area contributed by atoms with Gasteiger partial charge in [-0.15, -0.1) is 0 Å². The lowest BCUT2D eigenvalue weighted by Crippen LogP contribution is -2.10. The van der Waals surface area contributed by atoms with Crippen molar-refractivity contribution in [2.75, 3.05) is 11.9 Å². The molecule has 0 radical (unpaired) electrons. The molecule has 0 fully saturated rings. The highest BCUT2D eigenvalue weighted by Gasteiger charge is 2.06. The SMILES string of the molecule is CCOC(=O)/C=C/C(=O)Nc1cc(Cl)c(Cl)cc1C. The number of halogens is 2. The molecule has 1 rings (SSSR count). The van der Waals surface area contributed by atoms with E-state index in [4.69, 9.17) is 23.2 Å². The summed E-state index contributed by atoms with van der Waals surface area (Å²) in [6.45, 7) is 3.73. The molecule has 0 aliphatic rings. The van der Waals surface area contributed by atoms with E-state index in [9.17, 15) is 9.59 Å². The number of benzene rings is 1. The van der Waals surface area contributed by atoms with Gasteiger partial charge in [0.1, 0.15) is 0 Å². The van der Waals surface area contributed by atoms with Crippen molar-refractivity contribution in [2.24, 2.45) is 0 Å². The molecule has 6 heteroatoms. The number of hydrogen-bond donors (Lipinski definition) is 1. The van der Waals surface area contributed by atoms with Crippen molar-refractivity contribution in [3.05, 3.63) is 39.9 Å². The zero-order valence-corrected chi connectivity index (χ0v) is 12.0. The Morgan fingerprint density at radius 3 is 2.53 bits per heavy atom. The van der Waals surface area contributed by atoms with Gasteiger partial charge in [0.15, 0.2) is 0 Å². The van der Waals surface area contributed by atoms with Crippen LogP contribution in [0, 0.1) is 6.92 Å². The van der Waals surface area contributed by atoms with E-state index < -0.39 is 11.9 Å². The summed E-state index contributed by atoms with van der Waals surface area (Å²) in [5, 5.41) is 3.36. The van der Waals surface area contributed by atoms with Gasteiger partial charge in [-0.2, -0.15) is 0 Å². The highest BCUT2D eigenvalue weighted by atomic mass is 35.5. The first kappa shape index (κ1) is 15.5.